The third-order valence-corrected chi connectivity index (χ3v) is 3.50. The topological polar surface area (TPSA) is 35.2 Å². The molecular formula is C13H8BrClFNOS. The molecule has 2 N–H and O–H groups in total. The zero-order valence-electron chi connectivity index (χ0n) is 9.49. The molecule has 19 heavy (non-hydrogen) atoms. The van der Waals surface area contributed by atoms with E-state index in [4.69, 9.17) is 34.3 Å². The van der Waals surface area contributed by atoms with Gasteiger partial charge in [-0.3, -0.25) is 0 Å². The summed E-state index contributed by atoms with van der Waals surface area (Å²) in [5, 5.41) is 0.0512. The van der Waals surface area contributed by atoms with Crippen LogP contribution in [0.5, 0.6) is 11.5 Å². The molecule has 0 aliphatic rings. The van der Waals surface area contributed by atoms with Crippen LogP contribution in [0.25, 0.3) is 0 Å². The summed E-state index contributed by atoms with van der Waals surface area (Å²) in [4.78, 5) is 0.296. The van der Waals surface area contributed by atoms with Crippen molar-refractivity contribution in [3.63, 3.8) is 0 Å². The molecule has 0 saturated carbocycles. The minimum Gasteiger partial charge on any atom is -0.456 e. The molecule has 2 aromatic rings. The Balaban J connectivity index is 2.28. The van der Waals surface area contributed by atoms with Gasteiger partial charge >= 0.3 is 0 Å². The highest BCUT2D eigenvalue weighted by atomic mass is 79.9. The van der Waals surface area contributed by atoms with Crippen LogP contribution in [-0.4, -0.2) is 4.99 Å². The van der Waals surface area contributed by atoms with Crippen LogP contribution >= 0.6 is 39.7 Å². The van der Waals surface area contributed by atoms with Crippen molar-refractivity contribution in [3.8, 4) is 11.5 Å². The number of rotatable bonds is 3. The van der Waals surface area contributed by atoms with Gasteiger partial charge in [0.15, 0.2) is 0 Å². The first-order chi connectivity index (χ1) is 8.97. The molecule has 0 radical (unpaired) electrons. The van der Waals surface area contributed by atoms with Gasteiger partial charge in [0.05, 0.1) is 9.50 Å². The van der Waals surface area contributed by atoms with E-state index < -0.39 is 5.82 Å². The number of thiocarbonyl (C=S) groups is 1. The van der Waals surface area contributed by atoms with Gasteiger partial charge in [0.2, 0.25) is 0 Å². The second-order valence-corrected chi connectivity index (χ2v) is 5.39. The monoisotopic (exact) mass is 359 g/mol. The predicted molar refractivity (Wildman–Crippen MR) is 81.5 cm³/mol. The second-order valence-electron chi connectivity index (χ2n) is 3.69. The number of hydrogen-bond donors (Lipinski definition) is 1. The van der Waals surface area contributed by atoms with E-state index in [9.17, 15) is 4.39 Å². The summed E-state index contributed by atoms with van der Waals surface area (Å²) in [6, 6.07) is 9.41. The molecule has 0 spiro atoms. The lowest BCUT2D eigenvalue weighted by atomic mass is 10.2. The van der Waals surface area contributed by atoms with Crippen molar-refractivity contribution in [3.05, 3.63) is 57.3 Å². The second kappa shape index (κ2) is 5.86. The third-order valence-electron chi connectivity index (χ3n) is 2.34. The first kappa shape index (κ1) is 14.2. The molecule has 0 atom stereocenters. The van der Waals surface area contributed by atoms with Crippen LogP contribution < -0.4 is 10.5 Å². The van der Waals surface area contributed by atoms with Crippen molar-refractivity contribution in [2.45, 2.75) is 0 Å². The van der Waals surface area contributed by atoms with Gasteiger partial charge in [-0.15, -0.1) is 0 Å². The first-order valence-electron chi connectivity index (χ1n) is 5.19. The molecule has 0 amide bonds. The van der Waals surface area contributed by atoms with Crippen molar-refractivity contribution in [1.82, 2.24) is 0 Å². The fourth-order valence-corrected chi connectivity index (χ4v) is 2.11. The van der Waals surface area contributed by atoms with Crippen LogP contribution in [0.2, 0.25) is 5.02 Å². The maximum absolute atomic E-state index is 13.3. The first-order valence-corrected chi connectivity index (χ1v) is 6.77. The summed E-state index contributed by atoms with van der Waals surface area (Å²) in [5.74, 6) is 0.349. The van der Waals surface area contributed by atoms with Gasteiger partial charge in [0.1, 0.15) is 22.3 Å². The standard InChI is InChI=1S/C13H8BrClFNOS/c14-9-5-7(13(17)19)1-4-12(9)18-8-2-3-10(15)11(16)6-8/h1-6H,(H2,17,19). The largest absolute Gasteiger partial charge is 0.456 e. The Kier molecular flexibility index (Phi) is 4.39. The Labute approximate surface area is 128 Å². The quantitative estimate of drug-likeness (QED) is 0.808. The lowest BCUT2D eigenvalue weighted by molar-refractivity contribution is 0.474. The molecule has 2 nitrogen and oxygen atoms in total. The lowest BCUT2D eigenvalue weighted by Gasteiger charge is -2.09. The van der Waals surface area contributed by atoms with Gasteiger partial charge in [0, 0.05) is 11.6 Å². The van der Waals surface area contributed by atoms with Crippen LogP contribution in [0, 0.1) is 5.82 Å². The van der Waals surface area contributed by atoms with Crippen molar-refractivity contribution >= 4 is 44.7 Å². The van der Waals surface area contributed by atoms with Crippen LogP contribution in [0.3, 0.4) is 0 Å². The minimum atomic E-state index is -0.532. The van der Waals surface area contributed by atoms with Gasteiger partial charge in [-0.1, -0.05) is 23.8 Å². The summed E-state index contributed by atoms with van der Waals surface area (Å²) < 4.78 is 19.5. The normalized spacial score (nSPS) is 10.3. The van der Waals surface area contributed by atoms with Gasteiger partial charge in [0.25, 0.3) is 0 Å². The van der Waals surface area contributed by atoms with Crippen LogP contribution in [0.15, 0.2) is 40.9 Å². The highest BCUT2D eigenvalue weighted by molar-refractivity contribution is 9.10. The Hall–Kier alpha value is -1.17. The van der Waals surface area contributed by atoms with Gasteiger partial charge in [-0.2, -0.15) is 0 Å². The van der Waals surface area contributed by atoms with Crippen molar-refractivity contribution < 1.29 is 9.13 Å². The molecule has 0 aromatic heterocycles. The van der Waals surface area contributed by atoms with Crippen LogP contribution in [-0.2, 0) is 0 Å². The molecular weight excluding hydrogens is 353 g/mol. The predicted octanol–water partition coefficient (Wildman–Crippen LogP) is 4.67. The average Bonchev–Trinajstić information content (AvgIpc) is 2.36. The van der Waals surface area contributed by atoms with E-state index in [-0.39, 0.29) is 5.02 Å². The summed E-state index contributed by atoms with van der Waals surface area (Å²) >= 11 is 13.8. The summed E-state index contributed by atoms with van der Waals surface area (Å²) in [6.07, 6.45) is 0. The number of ether oxygens (including phenoxy) is 1. The molecule has 0 fully saturated rings. The SMILES string of the molecule is NC(=S)c1ccc(Oc2ccc(Cl)c(F)c2)c(Br)c1. The molecule has 0 bridgehead atoms. The number of hydrogen-bond acceptors (Lipinski definition) is 2. The number of benzene rings is 2. The fraction of sp³-hybridized carbons (Fsp3) is 0. The Morgan fingerprint density at radius 3 is 2.58 bits per heavy atom. The van der Waals surface area contributed by atoms with E-state index in [1.54, 1.807) is 24.3 Å². The minimum absolute atomic E-state index is 0.0512. The molecule has 2 rings (SSSR count). The maximum Gasteiger partial charge on any atom is 0.145 e. The molecule has 0 saturated heterocycles. The van der Waals surface area contributed by atoms with E-state index in [2.05, 4.69) is 15.9 Å². The van der Waals surface area contributed by atoms with Gasteiger partial charge in [-0.25, -0.2) is 4.39 Å². The van der Waals surface area contributed by atoms with Crippen LogP contribution in [0.1, 0.15) is 5.56 Å². The van der Waals surface area contributed by atoms with Crippen LogP contribution in [0.4, 0.5) is 4.39 Å². The Morgan fingerprint density at radius 1 is 1.26 bits per heavy atom. The molecule has 0 aliphatic heterocycles. The molecule has 0 heterocycles. The highest BCUT2D eigenvalue weighted by Crippen LogP contribution is 2.31. The molecule has 0 aliphatic carbocycles. The lowest BCUT2D eigenvalue weighted by Crippen LogP contribution is -2.09. The highest BCUT2D eigenvalue weighted by Gasteiger charge is 2.07. The van der Waals surface area contributed by atoms with Crippen molar-refractivity contribution in [1.29, 1.82) is 0 Å². The third kappa shape index (κ3) is 3.43. The van der Waals surface area contributed by atoms with Crippen molar-refractivity contribution in [2.75, 3.05) is 0 Å². The number of halogens is 3. The molecule has 98 valence electrons. The smallest absolute Gasteiger partial charge is 0.145 e. The Morgan fingerprint density at radius 2 is 2.00 bits per heavy atom. The van der Waals surface area contributed by atoms with Gasteiger partial charge in [-0.05, 0) is 46.3 Å². The summed E-state index contributed by atoms with van der Waals surface area (Å²) in [5.41, 5.74) is 6.25. The maximum atomic E-state index is 13.3. The van der Waals surface area contributed by atoms with E-state index in [1.165, 1.54) is 12.1 Å². The molecule has 6 heteroatoms. The zero-order valence-corrected chi connectivity index (χ0v) is 12.7. The van der Waals surface area contributed by atoms with E-state index in [0.29, 0.717) is 21.0 Å². The summed E-state index contributed by atoms with van der Waals surface area (Å²) in [7, 11) is 0. The van der Waals surface area contributed by atoms with Gasteiger partial charge < -0.3 is 10.5 Å². The zero-order chi connectivity index (χ0) is 14.0. The van der Waals surface area contributed by atoms with E-state index in [0.717, 1.165) is 5.56 Å². The summed E-state index contributed by atoms with van der Waals surface area (Å²) in [6.45, 7) is 0. The molecule has 0 unspecified atom stereocenters. The number of nitrogens with two attached hydrogens (primary N) is 1. The van der Waals surface area contributed by atoms with Crippen molar-refractivity contribution in [2.24, 2.45) is 5.73 Å². The van der Waals surface area contributed by atoms with E-state index >= 15 is 0 Å². The Bertz CT molecular complexity index is 651. The average molecular weight is 361 g/mol. The fourth-order valence-electron chi connectivity index (χ4n) is 1.40. The van der Waals surface area contributed by atoms with E-state index in [1.807, 2.05) is 0 Å². The molecule has 2 aromatic carbocycles.